The number of nitrogens with zero attached hydrogens (tertiary/aromatic N) is 2. The van der Waals surface area contributed by atoms with Crippen LogP contribution < -0.4 is 4.74 Å². The molecular weight excluding hydrogens is 272 g/mol. The third-order valence-electron chi connectivity index (χ3n) is 3.37. The monoisotopic (exact) mass is 288 g/mol. The molecule has 0 atom stereocenters. The largest absolute Gasteiger partial charge is 0.490 e. The van der Waals surface area contributed by atoms with E-state index in [1.54, 1.807) is 0 Å². The maximum Gasteiger partial charge on any atom is 0.136 e. The van der Waals surface area contributed by atoms with E-state index in [4.69, 9.17) is 16.3 Å². The van der Waals surface area contributed by atoms with Crippen molar-refractivity contribution in [2.24, 2.45) is 0 Å². The summed E-state index contributed by atoms with van der Waals surface area (Å²) < 4.78 is 5.76. The minimum Gasteiger partial charge on any atom is -0.490 e. The van der Waals surface area contributed by atoms with Crippen molar-refractivity contribution in [1.82, 2.24) is 9.97 Å². The van der Waals surface area contributed by atoms with Crippen LogP contribution in [0.3, 0.4) is 0 Å². The van der Waals surface area contributed by atoms with Gasteiger partial charge in [-0.3, -0.25) is 0 Å². The molecule has 4 heteroatoms. The van der Waals surface area contributed by atoms with Gasteiger partial charge in [0.2, 0.25) is 0 Å². The van der Waals surface area contributed by atoms with Crippen LogP contribution in [-0.4, -0.2) is 16.1 Å². The Morgan fingerprint density at radius 2 is 1.85 bits per heavy atom. The van der Waals surface area contributed by atoms with Gasteiger partial charge in [0, 0.05) is 11.1 Å². The highest BCUT2D eigenvalue weighted by Gasteiger charge is 2.23. The Kier molecular flexibility index (Phi) is 3.62. The molecule has 0 spiro atoms. The first-order valence-corrected chi connectivity index (χ1v) is 7.30. The molecule has 1 aromatic heterocycles. The highest BCUT2D eigenvalue weighted by molar-refractivity contribution is 6.30. The molecule has 1 aliphatic carbocycles. The number of hydrogen-bond acceptors (Lipinski definition) is 3. The lowest BCUT2D eigenvalue weighted by Crippen LogP contribution is -1.99. The summed E-state index contributed by atoms with van der Waals surface area (Å²) in [5.74, 6) is 1.20. The molecule has 1 heterocycles. The molecule has 0 aliphatic heterocycles. The average Bonchev–Trinajstić information content (AvgIpc) is 3.23. The smallest absolute Gasteiger partial charge is 0.136 e. The van der Waals surface area contributed by atoms with Crippen LogP contribution in [0.2, 0.25) is 5.15 Å². The summed E-state index contributed by atoms with van der Waals surface area (Å²) in [6.07, 6.45) is 4.26. The van der Waals surface area contributed by atoms with Gasteiger partial charge in [0.1, 0.15) is 17.2 Å². The molecule has 1 saturated carbocycles. The van der Waals surface area contributed by atoms with Gasteiger partial charge in [0.05, 0.1) is 11.8 Å². The Morgan fingerprint density at radius 3 is 2.45 bits per heavy atom. The summed E-state index contributed by atoms with van der Waals surface area (Å²) in [4.78, 5) is 8.48. The van der Waals surface area contributed by atoms with E-state index in [1.807, 2.05) is 24.3 Å². The molecule has 1 aromatic carbocycles. The van der Waals surface area contributed by atoms with Crippen molar-refractivity contribution in [1.29, 1.82) is 0 Å². The third-order valence-corrected chi connectivity index (χ3v) is 3.67. The highest BCUT2D eigenvalue weighted by Crippen LogP contribution is 2.33. The second-order valence-corrected chi connectivity index (χ2v) is 5.78. The molecule has 3 rings (SSSR count). The number of hydrogen-bond donors (Lipinski definition) is 0. The maximum absolute atomic E-state index is 6.21. The summed E-state index contributed by atoms with van der Waals surface area (Å²) >= 11 is 6.21. The molecule has 104 valence electrons. The molecule has 0 N–H and O–H groups in total. The van der Waals surface area contributed by atoms with Crippen LogP contribution in [0.4, 0.5) is 0 Å². The van der Waals surface area contributed by atoms with E-state index < -0.39 is 0 Å². The van der Waals surface area contributed by atoms with Crippen molar-refractivity contribution in [3.8, 4) is 17.0 Å². The molecule has 1 fully saturated rings. The fourth-order valence-corrected chi connectivity index (χ4v) is 2.54. The number of ether oxygens (including phenoxy) is 1. The van der Waals surface area contributed by atoms with Gasteiger partial charge in [-0.05, 0) is 43.0 Å². The highest BCUT2D eigenvalue weighted by atomic mass is 35.5. The summed E-state index contributed by atoms with van der Waals surface area (Å²) in [6, 6.07) is 8.05. The lowest BCUT2D eigenvalue weighted by molar-refractivity contribution is 0.303. The van der Waals surface area contributed by atoms with Crippen molar-refractivity contribution >= 4 is 11.6 Å². The van der Waals surface area contributed by atoms with E-state index in [1.165, 1.54) is 19.2 Å². The van der Waals surface area contributed by atoms with Crippen LogP contribution in [0.25, 0.3) is 11.3 Å². The topological polar surface area (TPSA) is 35.0 Å². The first kappa shape index (κ1) is 13.4. The molecule has 0 saturated heterocycles. The Bertz CT molecular complexity index is 606. The van der Waals surface area contributed by atoms with Gasteiger partial charge >= 0.3 is 0 Å². The minimum atomic E-state index is 0.279. The fourth-order valence-electron chi connectivity index (χ4n) is 2.19. The molecule has 0 unspecified atom stereocenters. The normalized spacial score (nSPS) is 14.6. The van der Waals surface area contributed by atoms with Crippen molar-refractivity contribution in [2.75, 3.05) is 0 Å². The first-order valence-electron chi connectivity index (χ1n) is 6.92. The number of benzene rings is 1. The second-order valence-electron chi connectivity index (χ2n) is 5.42. The molecule has 0 bridgehead atoms. The molecule has 0 amide bonds. The van der Waals surface area contributed by atoms with Crippen molar-refractivity contribution in [3.63, 3.8) is 0 Å². The van der Waals surface area contributed by atoms with E-state index in [0.717, 1.165) is 22.6 Å². The van der Waals surface area contributed by atoms with Crippen LogP contribution in [0.1, 0.15) is 38.2 Å². The van der Waals surface area contributed by atoms with E-state index in [-0.39, 0.29) is 5.92 Å². The minimum absolute atomic E-state index is 0.279. The van der Waals surface area contributed by atoms with Gasteiger partial charge in [-0.2, -0.15) is 0 Å². The predicted octanol–water partition coefficient (Wildman–Crippen LogP) is 4.46. The number of halogens is 1. The molecule has 2 aromatic rings. The van der Waals surface area contributed by atoms with Crippen LogP contribution in [0.5, 0.6) is 5.75 Å². The maximum atomic E-state index is 6.21. The van der Waals surface area contributed by atoms with E-state index >= 15 is 0 Å². The van der Waals surface area contributed by atoms with Crippen LogP contribution in [0.15, 0.2) is 30.6 Å². The van der Waals surface area contributed by atoms with Crippen LogP contribution in [0, 0.1) is 0 Å². The van der Waals surface area contributed by atoms with Gasteiger partial charge < -0.3 is 4.74 Å². The fraction of sp³-hybridized carbons (Fsp3) is 0.375. The summed E-state index contributed by atoms with van der Waals surface area (Å²) in [6.45, 7) is 4.19. The zero-order valence-electron chi connectivity index (χ0n) is 11.6. The van der Waals surface area contributed by atoms with Crippen molar-refractivity contribution in [3.05, 3.63) is 41.3 Å². The second kappa shape index (κ2) is 5.41. The molecule has 20 heavy (non-hydrogen) atoms. The van der Waals surface area contributed by atoms with Crippen LogP contribution >= 0.6 is 11.6 Å². The van der Waals surface area contributed by atoms with E-state index in [0.29, 0.717) is 11.3 Å². The Labute approximate surface area is 124 Å². The quantitative estimate of drug-likeness (QED) is 0.779. The van der Waals surface area contributed by atoms with Crippen molar-refractivity contribution in [2.45, 2.75) is 38.7 Å². The van der Waals surface area contributed by atoms with E-state index in [2.05, 4.69) is 23.8 Å². The predicted molar refractivity (Wildman–Crippen MR) is 80.2 cm³/mol. The molecular formula is C16H17ClN2O. The zero-order chi connectivity index (χ0) is 14.1. The average molecular weight is 289 g/mol. The van der Waals surface area contributed by atoms with Gasteiger partial charge in [0.15, 0.2) is 0 Å². The standard InChI is InChI=1S/C16H17ClN2O/c1-10(2)14-15(18-9-19-16(14)17)11-3-5-12(6-4-11)20-13-7-8-13/h3-6,9-10,13H,7-8H2,1-2H3. The molecule has 1 aliphatic rings. The summed E-state index contributed by atoms with van der Waals surface area (Å²) in [7, 11) is 0. The SMILES string of the molecule is CC(C)c1c(Cl)ncnc1-c1ccc(OC2CC2)cc1. The Morgan fingerprint density at radius 1 is 1.15 bits per heavy atom. The number of rotatable bonds is 4. The summed E-state index contributed by atoms with van der Waals surface area (Å²) in [5, 5.41) is 0.531. The lowest BCUT2D eigenvalue weighted by Gasteiger charge is -2.13. The van der Waals surface area contributed by atoms with Crippen molar-refractivity contribution < 1.29 is 4.74 Å². The third kappa shape index (κ3) is 2.78. The van der Waals surface area contributed by atoms with Gasteiger partial charge in [-0.25, -0.2) is 9.97 Å². The Balaban J connectivity index is 1.93. The van der Waals surface area contributed by atoms with Crippen LogP contribution in [-0.2, 0) is 0 Å². The lowest BCUT2D eigenvalue weighted by atomic mass is 9.99. The number of aromatic nitrogens is 2. The zero-order valence-corrected chi connectivity index (χ0v) is 12.4. The van der Waals surface area contributed by atoms with E-state index in [9.17, 15) is 0 Å². The molecule has 3 nitrogen and oxygen atoms in total. The molecule has 0 radical (unpaired) electrons. The first-order chi connectivity index (χ1) is 9.65. The van der Waals surface area contributed by atoms with Gasteiger partial charge in [-0.1, -0.05) is 25.4 Å². The van der Waals surface area contributed by atoms with Gasteiger partial charge in [0.25, 0.3) is 0 Å². The Hall–Kier alpha value is -1.61. The summed E-state index contributed by atoms with van der Waals surface area (Å²) in [5.41, 5.74) is 2.93. The van der Waals surface area contributed by atoms with Gasteiger partial charge in [-0.15, -0.1) is 0 Å².